The molecule has 30 heavy (non-hydrogen) atoms. The van der Waals surface area contributed by atoms with E-state index in [9.17, 15) is 4.79 Å². The van der Waals surface area contributed by atoms with Crippen molar-refractivity contribution in [1.82, 2.24) is 9.88 Å². The standard InChI is InChI=1S/C25H28N2O3/c1-18-8-6-9-19(2)24(18)29-17-23(28)27-13-7-12-21(16-27)25-26-15-22(30-25)14-20-10-4-3-5-11-20/h3-6,8-11,15,21H,7,12-14,16-17H2,1-2H3/t21-/m0/s1. The van der Waals surface area contributed by atoms with E-state index >= 15 is 0 Å². The number of carbonyl (C=O) groups excluding carboxylic acids is 1. The molecule has 1 saturated heterocycles. The van der Waals surface area contributed by atoms with Crippen molar-refractivity contribution in [3.63, 3.8) is 0 Å². The third-order valence-corrected chi connectivity index (χ3v) is 5.66. The molecule has 2 aromatic carbocycles. The second-order valence-corrected chi connectivity index (χ2v) is 8.02. The highest BCUT2D eigenvalue weighted by molar-refractivity contribution is 5.78. The maximum absolute atomic E-state index is 12.8. The average Bonchev–Trinajstić information content (AvgIpc) is 3.22. The minimum absolute atomic E-state index is 0.0124. The molecule has 0 saturated carbocycles. The number of likely N-dealkylation sites (tertiary alicyclic amines) is 1. The summed E-state index contributed by atoms with van der Waals surface area (Å²) in [7, 11) is 0. The van der Waals surface area contributed by atoms with Crippen molar-refractivity contribution in [3.8, 4) is 5.75 Å². The van der Waals surface area contributed by atoms with Crippen molar-refractivity contribution in [1.29, 1.82) is 0 Å². The molecule has 5 nitrogen and oxygen atoms in total. The molecule has 4 rings (SSSR count). The van der Waals surface area contributed by atoms with Crippen LogP contribution >= 0.6 is 0 Å². The second-order valence-electron chi connectivity index (χ2n) is 8.02. The van der Waals surface area contributed by atoms with Gasteiger partial charge in [0.05, 0.1) is 12.1 Å². The first-order valence-corrected chi connectivity index (χ1v) is 10.6. The molecule has 1 fully saturated rings. The van der Waals surface area contributed by atoms with Crippen LogP contribution in [-0.4, -0.2) is 35.5 Å². The van der Waals surface area contributed by atoms with Crippen LogP contribution in [0.3, 0.4) is 0 Å². The van der Waals surface area contributed by atoms with Crippen LogP contribution < -0.4 is 4.74 Å². The van der Waals surface area contributed by atoms with E-state index in [1.165, 1.54) is 5.56 Å². The number of hydrogen-bond acceptors (Lipinski definition) is 4. The molecule has 1 atom stereocenters. The number of amides is 1. The van der Waals surface area contributed by atoms with E-state index in [0.29, 0.717) is 6.54 Å². The molecule has 1 amide bonds. The average molecular weight is 405 g/mol. The van der Waals surface area contributed by atoms with Crippen LogP contribution in [0.5, 0.6) is 5.75 Å². The Balaban J connectivity index is 1.35. The van der Waals surface area contributed by atoms with Crippen molar-refractivity contribution >= 4 is 5.91 Å². The molecule has 156 valence electrons. The van der Waals surface area contributed by atoms with Crippen LogP contribution in [0.25, 0.3) is 0 Å². The summed E-state index contributed by atoms with van der Waals surface area (Å²) in [5.41, 5.74) is 3.29. The predicted octanol–water partition coefficient (Wildman–Crippen LogP) is 4.67. The van der Waals surface area contributed by atoms with Crippen LogP contribution in [0.15, 0.2) is 59.1 Å². The quantitative estimate of drug-likeness (QED) is 0.599. The summed E-state index contributed by atoms with van der Waals surface area (Å²) < 4.78 is 11.9. The summed E-state index contributed by atoms with van der Waals surface area (Å²) in [5, 5.41) is 0. The number of aromatic nitrogens is 1. The second kappa shape index (κ2) is 9.16. The number of carbonyl (C=O) groups is 1. The Bertz CT molecular complexity index is 976. The molecule has 3 aromatic rings. The van der Waals surface area contributed by atoms with Gasteiger partial charge in [-0.15, -0.1) is 0 Å². The number of rotatable bonds is 6. The third kappa shape index (κ3) is 4.73. The topological polar surface area (TPSA) is 55.6 Å². The first-order chi connectivity index (χ1) is 14.6. The smallest absolute Gasteiger partial charge is 0.260 e. The van der Waals surface area contributed by atoms with E-state index in [0.717, 1.165) is 54.3 Å². The molecular formula is C25H28N2O3. The Kier molecular flexibility index (Phi) is 6.17. The van der Waals surface area contributed by atoms with Gasteiger partial charge in [0.1, 0.15) is 11.5 Å². The minimum atomic E-state index is 0.0124. The molecule has 0 bridgehead atoms. The number of benzene rings is 2. The van der Waals surface area contributed by atoms with Crippen molar-refractivity contribution in [2.75, 3.05) is 19.7 Å². The molecule has 5 heteroatoms. The molecule has 0 N–H and O–H groups in total. The van der Waals surface area contributed by atoms with Crippen LogP contribution in [0.4, 0.5) is 0 Å². The van der Waals surface area contributed by atoms with Gasteiger partial charge in [0.25, 0.3) is 5.91 Å². The number of hydrogen-bond donors (Lipinski definition) is 0. The number of oxazole rings is 1. The summed E-state index contributed by atoms with van der Waals surface area (Å²) in [6.45, 7) is 5.44. The van der Waals surface area contributed by atoms with Gasteiger partial charge in [0, 0.05) is 19.5 Å². The van der Waals surface area contributed by atoms with Crippen LogP contribution in [0.1, 0.15) is 47.1 Å². The van der Waals surface area contributed by atoms with Gasteiger partial charge in [-0.05, 0) is 43.4 Å². The van der Waals surface area contributed by atoms with E-state index in [1.807, 2.05) is 61.3 Å². The molecule has 1 aliphatic heterocycles. The lowest BCUT2D eigenvalue weighted by atomic mass is 9.98. The fourth-order valence-electron chi connectivity index (χ4n) is 4.05. The molecule has 1 aliphatic rings. The van der Waals surface area contributed by atoms with Crippen molar-refractivity contribution in [2.45, 2.75) is 39.0 Å². The highest BCUT2D eigenvalue weighted by atomic mass is 16.5. The van der Waals surface area contributed by atoms with E-state index < -0.39 is 0 Å². The van der Waals surface area contributed by atoms with Gasteiger partial charge in [0.15, 0.2) is 12.5 Å². The lowest BCUT2D eigenvalue weighted by molar-refractivity contribution is -0.134. The summed E-state index contributed by atoms with van der Waals surface area (Å²) in [6, 6.07) is 16.2. The Hall–Kier alpha value is -3.08. The minimum Gasteiger partial charge on any atom is -0.483 e. The molecule has 1 aromatic heterocycles. The first-order valence-electron chi connectivity index (χ1n) is 10.6. The Morgan fingerprint density at radius 3 is 2.67 bits per heavy atom. The largest absolute Gasteiger partial charge is 0.483 e. The summed E-state index contributed by atoms with van der Waals surface area (Å²) in [4.78, 5) is 19.2. The predicted molar refractivity (Wildman–Crippen MR) is 116 cm³/mol. The van der Waals surface area contributed by atoms with Gasteiger partial charge in [-0.1, -0.05) is 48.5 Å². The van der Waals surface area contributed by atoms with Crippen molar-refractivity contribution < 1.29 is 13.9 Å². The van der Waals surface area contributed by atoms with Crippen LogP contribution in [-0.2, 0) is 11.2 Å². The van der Waals surface area contributed by atoms with Gasteiger partial charge in [-0.25, -0.2) is 4.98 Å². The molecular weight excluding hydrogens is 376 g/mol. The number of nitrogens with zero attached hydrogens (tertiary/aromatic N) is 2. The maximum atomic E-state index is 12.8. The van der Waals surface area contributed by atoms with Gasteiger partial charge in [-0.2, -0.15) is 0 Å². The zero-order chi connectivity index (χ0) is 20.9. The van der Waals surface area contributed by atoms with Gasteiger partial charge >= 0.3 is 0 Å². The van der Waals surface area contributed by atoms with Gasteiger partial charge in [-0.3, -0.25) is 4.79 Å². The lowest BCUT2D eigenvalue weighted by Gasteiger charge is -2.31. The highest BCUT2D eigenvalue weighted by Crippen LogP contribution is 2.28. The zero-order valence-electron chi connectivity index (χ0n) is 17.6. The number of para-hydroxylation sites is 1. The summed E-state index contributed by atoms with van der Waals surface area (Å²) in [6.07, 6.45) is 4.46. The number of ether oxygens (including phenoxy) is 1. The van der Waals surface area contributed by atoms with E-state index in [4.69, 9.17) is 9.15 Å². The lowest BCUT2D eigenvalue weighted by Crippen LogP contribution is -2.41. The van der Waals surface area contributed by atoms with Gasteiger partial charge in [0.2, 0.25) is 0 Å². The summed E-state index contributed by atoms with van der Waals surface area (Å²) >= 11 is 0. The molecule has 0 spiro atoms. The Labute approximate surface area is 177 Å². The fraction of sp³-hybridized carbons (Fsp3) is 0.360. The summed E-state index contributed by atoms with van der Waals surface area (Å²) in [5.74, 6) is 2.54. The maximum Gasteiger partial charge on any atom is 0.260 e. The van der Waals surface area contributed by atoms with E-state index in [-0.39, 0.29) is 18.4 Å². The molecule has 0 radical (unpaired) electrons. The van der Waals surface area contributed by atoms with Crippen molar-refractivity contribution in [3.05, 3.63) is 83.1 Å². The normalized spacial score (nSPS) is 16.5. The van der Waals surface area contributed by atoms with Crippen molar-refractivity contribution in [2.24, 2.45) is 0 Å². The SMILES string of the molecule is Cc1cccc(C)c1OCC(=O)N1CCC[C@H](c2ncc(Cc3ccccc3)o2)C1. The van der Waals surface area contributed by atoms with Gasteiger partial charge < -0.3 is 14.1 Å². The highest BCUT2D eigenvalue weighted by Gasteiger charge is 2.28. The molecule has 0 unspecified atom stereocenters. The Morgan fingerprint density at radius 1 is 1.13 bits per heavy atom. The first kappa shape index (κ1) is 20.2. The third-order valence-electron chi connectivity index (χ3n) is 5.66. The monoisotopic (exact) mass is 404 g/mol. The number of aryl methyl sites for hydroxylation is 2. The molecule has 0 aliphatic carbocycles. The van der Waals surface area contributed by atoms with Crippen LogP contribution in [0, 0.1) is 13.8 Å². The Morgan fingerprint density at radius 2 is 1.90 bits per heavy atom. The molecule has 2 heterocycles. The zero-order valence-corrected chi connectivity index (χ0v) is 17.6. The number of piperidine rings is 1. The van der Waals surface area contributed by atoms with E-state index in [2.05, 4.69) is 17.1 Å². The van der Waals surface area contributed by atoms with Crippen LogP contribution in [0.2, 0.25) is 0 Å². The fourth-order valence-corrected chi connectivity index (χ4v) is 4.05. The van der Waals surface area contributed by atoms with E-state index in [1.54, 1.807) is 0 Å².